The van der Waals surface area contributed by atoms with Crippen molar-refractivity contribution in [3.63, 3.8) is 0 Å². The van der Waals surface area contributed by atoms with Crippen LogP contribution < -0.4 is 26.4 Å². The third-order valence-corrected chi connectivity index (χ3v) is 4.61. The van der Waals surface area contributed by atoms with Gasteiger partial charge in [0.2, 0.25) is 11.9 Å². The predicted molar refractivity (Wildman–Crippen MR) is 135 cm³/mol. The summed E-state index contributed by atoms with van der Waals surface area (Å²) in [5, 5.41) is 19.0. The quantitative estimate of drug-likeness (QED) is 0.135. The Kier molecular flexibility index (Phi) is 7.96. The minimum Gasteiger partial charge on any atom is -0.506 e. The number of allylic oxidation sites excluding steroid dienone is 1. The van der Waals surface area contributed by atoms with Crippen LogP contribution in [0, 0.1) is 5.82 Å². The summed E-state index contributed by atoms with van der Waals surface area (Å²) >= 11 is 0. The Bertz CT molecular complexity index is 1310. The lowest BCUT2D eigenvalue weighted by atomic mass is 10.1. The molecule has 0 aliphatic carbocycles. The molecule has 0 spiro atoms. The lowest BCUT2D eigenvalue weighted by molar-refractivity contribution is -0.111. The molecular weight excluding hydrogens is 453 g/mol. The molecule has 1 heterocycles. The van der Waals surface area contributed by atoms with E-state index in [1.807, 2.05) is 0 Å². The van der Waals surface area contributed by atoms with Crippen molar-refractivity contribution < 1.29 is 19.0 Å². The molecule has 0 fully saturated rings. The van der Waals surface area contributed by atoms with Crippen LogP contribution in [-0.2, 0) is 4.79 Å². The summed E-state index contributed by atoms with van der Waals surface area (Å²) < 4.78 is 19.4. The maximum absolute atomic E-state index is 14.2. The summed E-state index contributed by atoms with van der Waals surface area (Å²) in [7, 11) is 3.01. The lowest BCUT2D eigenvalue weighted by Crippen LogP contribution is -2.09. The average Bonchev–Trinajstić information content (AvgIpc) is 2.85. The third kappa shape index (κ3) is 6.32. The molecule has 0 aliphatic rings. The molecule has 1 aromatic heterocycles. The van der Waals surface area contributed by atoms with E-state index in [0.29, 0.717) is 28.3 Å². The summed E-state index contributed by atoms with van der Waals surface area (Å²) in [5.41, 5.74) is 7.52. The summed E-state index contributed by atoms with van der Waals surface area (Å²) in [5.74, 6) is -0.358. The SMILES string of the molecule is C=CC(=O)Nc1ccc(O)c(Nc2nc(N/C(C=NC)=C/N)ncc2-c2cc(F)cc(OC)c2)c1. The van der Waals surface area contributed by atoms with Crippen LogP contribution >= 0.6 is 0 Å². The molecule has 0 atom stereocenters. The number of aromatic hydroxyl groups is 1. The number of hydrogen-bond donors (Lipinski definition) is 5. The number of phenolic OH excluding ortho intramolecular Hbond substituents is 1. The second kappa shape index (κ2) is 11.3. The zero-order valence-electron chi connectivity index (χ0n) is 19.0. The largest absolute Gasteiger partial charge is 0.506 e. The molecule has 0 radical (unpaired) electrons. The minimum absolute atomic E-state index is 0.113. The lowest BCUT2D eigenvalue weighted by Gasteiger charge is -2.15. The van der Waals surface area contributed by atoms with Crippen molar-refractivity contribution in [2.45, 2.75) is 0 Å². The minimum atomic E-state index is -0.517. The molecule has 0 saturated carbocycles. The van der Waals surface area contributed by atoms with E-state index in [-0.39, 0.29) is 23.2 Å². The summed E-state index contributed by atoms with van der Waals surface area (Å²) in [6.45, 7) is 3.42. The van der Waals surface area contributed by atoms with Gasteiger partial charge in [-0.05, 0) is 42.0 Å². The second-order valence-corrected chi connectivity index (χ2v) is 7.02. The fraction of sp³-hybridized carbons (Fsp3) is 0.0833. The molecule has 0 bridgehead atoms. The number of carbonyl (C=O) groups excluding carboxylic acids is 1. The molecule has 0 aliphatic heterocycles. The van der Waals surface area contributed by atoms with E-state index in [0.717, 1.165) is 6.08 Å². The van der Waals surface area contributed by atoms with Crippen LogP contribution in [0.2, 0.25) is 0 Å². The van der Waals surface area contributed by atoms with Crippen LogP contribution in [0.4, 0.5) is 27.5 Å². The zero-order valence-corrected chi connectivity index (χ0v) is 19.0. The fourth-order valence-corrected chi connectivity index (χ4v) is 3.00. The molecule has 6 N–H and O–H groups in total. The predicted octanol–water partition coefficient (Wildman–Crippen LogP) is 3.78. The number of amides is 1. The van der Waals surface area contributed by atoms with Gasteiger partial charge in [0.05, 0.1) is 18.5 Å². The van der Waals surface area contributed by atoms with Gasteiger partial charge in [-0.2, -0.15) is 4.98 Å². The van der Waals surface area contributed by atoms with E-state index in [4.69, 9.17) is 10.5 Å². The number of hydrogen-bond acceptors (Lipinski definition) is 9. The Morgan fingerprint density at radius 2 is 2.06 bits per heavy atom. The number of anilines is 4. The smallest absolute Gasteiger partial charge is 0.247 e. The first-order chi connectivity index (χ1) is 16.9. The molecule has 180 valence electrons. The molecule has 0 saturated heterocycles. The van der Waals surface area contributed by atoms with E-state index in [9.17, 15) is 14.3 Å². The number of rotatable bonds is 9. The Hall–Kier alpha value is -4.93. The highest BCUT2D eigenvalue weighted by Gasteiger charge is 2.15. The third-order valence-electron chi connectivity index (χ3n) is 4.61. The van der Waals surface area contributed by atoms with E-state index < -0.39 is 11.7 Å². The van der Waals surface area contributed by atoms with Crippen molar-refractivity contribution >= 4 is 35.3 Å². The summed E-state index contributed by atoms with van der Waals surface area (Å²) in [6, 6.07) is 8.60. The molecule has 10 nitrogen and oxygen atoms in total. The summed E-state index contributed by atoms with van der Waals surface area (Å²) in [4.78, 5) is 24.4. The van der Waals surface area contributed by atoms with Gasteiger partial charge in [0, 0.05) is 43.0 Å². The molecule has 3 rings (SSSR count). The molecule has 11 heteroatoms. The molecule has 35 heavy (non-hydrogen) atoms. The average molecular weight is 478 g/mol. The Labute approximate surface area is 201 Å². The highest BCUT2D eigenvalue weighted by atomic mass is 19.1. The fourth-order valence-electron chi connectivity index (χ4n) is 3.00. The van der Waals surface area contributed by atoms with Gasteiger partial charge >= 0.3 is 0 Å². The Morgan fingerprint density at radius 1 is 1.26 bits per heavy atom. The van der Waals surface area contributed by atoms with E-state index in [1.54, 1.807) is 13.1 Å². The number of carbonyl (C=O) groups is 1. The van der Waals surface area contributed by atoms with Crippen molar-refractivity contribution in [2.24, 2.45) is 10.7 Å². The number of methoxy groups -OCH3 is 1. The zero-order chi connectivity index (χ0) is 25.4. The van der Waals surface area contributed by atoms with Gasteiger partial charge in [-0.25, -0.2) is 9.37 Å². The molecule has 1 amide bonds. The van der Waals surface area contributed by atoms with Crippen LogP contribution in [-0.4, -0.2) is 41.4 Å². The van der Waals surface area contributed by atoms with E-state index >= 15 is 0 Å². The first kappa shape index (κ1) is 24.7. The van der Waals surface area contributed by atoms with Crippen molar-refractivity contribution in [1.29, 1.82) is 0 Å². The number of halogens is 1. The molecule has 0 unspecified atom stereocenters. The van der Waals surface area contributed by atoms with Gasteiger partial charge in [-0.3, -0.25) is 9.79 Å². The Morgan fingerprint density at radius 3 is 2.74 bits per heavy atom. The van der Waals surface area contributed by atoms with Crippen LogP contribution in [0.15, 0.2) is 72.1 Å². The topological polar surface area (TPSA) is 147 Å². The highest BCUT2D eigenvalue weighted by molar-refractivity contribution is 5.99. The number of nitrogens with two attached hydrogens (primary N) is 1. The number of nitrogens with one attached hydrogen (secondary N) is 3. The normalized spacial score (nSPS) is 11.2. The van der Waals surface area contributed by atoms with Crippen LogP contribution in [0.5, 0.6) is 11.5 Å². The monoisotopic (exact) mass is 477 g/mol. The van der Waals surface area contributed by atoms with Gasteiger partial charge in [0.15, 0.2) is 0 Å². The number of aliphatic imine (C=N–C) groups is 1. The van der Waals surface area contributed by atoms with Gasteiger partial charge in [-0.1, -0.05) is 6.58 Å². The Balaban J connectivity index is 2.10. The van der Waals surface area contributed by atoms with Gasteiger partial charge < -0.3 is 31.5 Å². The molecular formula is C24H24FN7O3. The number of phenols is 1. The van der Waals surface area contributed by atoms with Crippen molar-refractivity contribution in [2.75, 3.05) is 30.1 Å². The van der Waals surface area contributed by atoms with Crippen molar-refractivity contribution in [3.05, 3.63) is 73.0 Å². The van der Waals surface area contributed by atoms with Crippen molar-refractivity contribution in [1.82, 2.24) is 9.97 Å². The number of benzene rings is 2. The first-order valence-corrected chi connectivity index (χ1v) is 10.2. The van der Waals surface area contributed by atoms with Gasteiger partial charge in [-0.15, -0.1) is 0 Å². The van der Waals surface area contributed by atoms with Crippen LogP contribution in [0.25, 0.3) is 11.1 Å². The second-order valence-electron chi connectivity index (χ2n) is 7.02. The van der Waals surface area contributed by atoms with Gasteiger partial charge in [0.25, 0.3) is 0 Å². The standard InChI is InChI=1S/C24H24FN7O3/c1-4-22(34)29-16-5-6-21(33)20(10-16)31-23-19(14-7-15(25)9-18(8-14)35-3)13-28-24(32-23)30-17(11-26)12-27-2/h4-13,33H,1,26H2,2-3H3,(H,29,34)(H2,28,30,31,32)/b17-11+,27-12?. The number of ether oxygens (including phenoxy) is 1. The maximum Gasteiger partial charge on any atom is 0.247 e. The van der Waals surface area contributed by atoms with Gasteiger partial charge in [0.1, 0.15) is 23.1 Å². The first-order valence-electron chi connectivity index (χ1n) is 10.2. The van der Waals surface area contributed by atoms with Crippen molar-refractivity contribution in [3.8, 4) is 22.6 Å². The number of nitrogens with zero attached hydrogens (tertiary/aromatic N) is 3. The maximum atomic E-state index is 14.2. The van der Waals surface area contributed by atoms with Crippen LogP contribution in [0.1, 0.15) is 0 Å². The van der Waals surface area contributed by atoms with E-state index in [2.05, 4.69) is 37.5 Å². The summed E-state index contributed by atoms with van der Waals surface area (Å²) in [6.07, 6.45) is 5.38. The number of aromatic nitrogens is 2. The highest BCUT2D eigenvalue weighted by Crippen LogP contribution is 2.35. The van der Waals surface area contributed by atoms with Crippen LogP contribution in [0.3, 0.4) is 0 Å². The molecule has 2 aromatic carbocycles. The molecule has 3 aromatic rings. The van der Waals surface area contributed by atoms with E-state index in [1.165, 1.54) is 56.1 Å².